The first-order chi connectivity index (χ1) is 16.0. The van der Waals surface area contributed by atoms with Gasteiger partial charge in [0.1, 0.15) is 24.0 Å². The Labute approximate surface area is 198 Å². The summed E-state index contributed by atoms with van der Waals surface area (Å²) in [6.07, 6.45) is 1.50. The molecule has 0 fully saturated rings. The largest absolute Gasteiger partial charge is 0.497 e. The Morgan fingerprint density at radius 2 is 1.79 bits per heavy atom. The van der Waals surface area contributed by atoms with Crippen LogP contribution in [0, 0.1) is 11.3 Å². The summed E-state index contributed by atoms with van der Waals surface area (Å²) in [7, 11) is 3.12. The first-order valence-electron chi connectivity index (χ1n) is 10.1. The highest BCUT2D eigenvalue weighted by molar-refractivity contribution is 6.31. The number of nitrogens with zero attached hydrogens (tertiary/aromatic N) is 1. The highest BCUT2D eigenvalue weighted by Gasteiger charge is 2.11. The number of nitriles is 1. The fourth-order valence-corrected chi connectivity index (χ4v) is 3.19. The van der Waals surface area contributed by atoms with Crippen LogP contribution < -0.4 is 19.5 Å². The third kappa shape index (κ3) is 6.52. The van der Waals surface area contributed by atoms with E-state index in [0.29, 0.717) is 28.6 Å². The zero-order valence-corrected chi connectivity index (χ0v) is 19.1. The van der Waals surface area contributed by atoms with Gasteiger partial charge in [0.2, 0.25) is 0 Å². The van der Waals surface area contributed by atoms with Crippen LogP contribution in [-0.4, -0.2) is 20.1 Å². The van der Waals surface area contributed by atoms with Crippen LogP contribution in [0.25, 0.3) is 6.08 Å². The quantitative estimate of drug-likeness (QED) is 0.351. The minimum atomic E-state index is -0.466. The highest BCUT2D eigenvalue weighted by Crippen LogP contribution is 2.30. The summed E-state index contributed by atoms with van der Waals surface area (Å²) >= 11 is 6.18. The predicted octanol–water partition coefficient (Wildman–Crippen LogP) is 5.16. The summed E-state index contributed by atoms with van der Waals surface area (Å²) in [6.45, 7) is 0.572. The number of rotatable bonds is 9. The molecule has 6 nitrogen and oxygen atoms in total. The highest BCUT2D eigenvalue weighted by atomic mass is 35.5. The zero-order chi connectivity index (χ0) is 23.6. The Hall–Kier alpha value is -3.95. The van der Waals surface area contributed by atoms with Crippen molar-refractivity contribution in [3.05, 3.63) is 94.0 Å². The van der Waals surface area contributed by atoms with Crippen molar-refractivity contribution in [1.82, 2.24) is 5.32 Å². The molecule has 1 N–H and O–H groups in total. The van der Waals surface area contributed by atoms with Gasteiger partial charge in [-0.25, -0.2) is 0 Å². The molecule has 3 rings (SSSR count). The second kappa shape index (κ2) is 11.6. The van der Waals surface area contributed by atoms with E-state index in [4.69, 9.17) is 25.8 Å². The fourth-order valence-electron chi connectivity index (χ4n) is 3.00. The van der Waals surface area contributed by atoms with Gasteiger partial charge < -0.3 is 19.5 Å². The minimum Gasteiger partial charge on any atom is -0.497 e. The average Bonchev–Trinajstić information content (AvgIpc) is 2.85. The molecule has 0 atom stereocenters. The van der Waals surface area contributed by atoms with Crippen molar-refractivity contribution in [2.75, 3.05) is 14.2 Å². The Balaban J connectivity index is 1.68. The molecule has 0 aromatic heterocycles. The topological polar surface area (TPSA) is 80.6 Å². The lowest BCUT2D eigenvalue weighted by molar-refractivity contribution is -0.117. The summed E-state index contributed by atoms with van der Waals surface area (Å²) in [6, 6.07) is 21.9. The molecule has 0 bridgehead atoms. The van der Waals surface area contributed by atoms with Crippen LogP contribution >= 0.6 is 11.6 Å². The summed E-state index contributed by atoms with van der Waals surface area (Å²) in [5.41, 5.74) is 2.36. The van der Waals surface area contributed by atoms with Gasteiger partial charge in [-0.15, -0.1) is 0 Å². The number of methoxy groups -OCH3 is 2. The number of carbonyl (C=O) groups is 1. The van der Waals surface area contributed by atoms with Gasteiger partial charge >= 0.3 is 0 Å². The number of ether oxygens (including phenoxy) is 3. The maximum absolute atomic E-state index is 12.5. The molecule has 0 unspecified atom stereocenters. The third-order valence-electron chi connectivity index (χ3n) is 4.82. The van der Waals surface area contributed by atoms with Crippen molar-refractivity contribution in [2.24, 2.45) is 0 Å². The molecular formula is C26H23ClN2O4. The Morgan fingerprint density at radius 1 is 1.03 bits per heavy atom. The van der Waals surface area contributed by atoms with Crippen LogP contribution in [0.2, 0.25) is 5.02 Å². The normalized spacial score (nSPS) is 10.8. The average molecular weight is 463 g/mol. The van der Waals surface area contributed by atoms with Gasteiger partial charge in [0.25, 0.3) is 5.91 Å². The molecule has 0 heterocycles. The van der Waals surface area contributed by atoms with E-state index in [-0.39, 0.29) is 12.2 Å². The number of halogens is 1. The summed E-state index contributed by atoms with van der Waals surface area (Å²) < 4.78 is 16.4. The van der Waals surface area contributed by atoms with Gasteiger partial charge in [-0.1, -0.05) is 48.0 Å². The molecule has 0 saturated heterocycles. The molecule has 0 spiro atoms. The van der Waals surface area contributed by atoms with Gasteiger partial charge in [0.05, 0.1) is 14.2 Å². The lowest BCUT2D eigenvalue weighted by Crippen LogP contribution is -2.23. The molecule has 3 aromatic rings. The summed E-state index contributed by atoms with van der Waals surface area (Å²) in [5.74, 6) is 1.27. The van der Waals surface area contributed by atoms with Crippen LogP contribution in [0.1, 0.15) is 16.7 Å². The lowest BCUT2D eigenvalue weighted by atomic mass is 10.1. The molecule has 0 saturated carbocycles. The molecule has 3 aromatic carbocycles. The smallest absolute Gasteiger partial charge is 0.262 e. The van der Waals surface area contributed by atoms with Crippen molar-refractivity contribution in [3.8, 4) is 23.3 Å². The predicted molar refractivity (Wildman–Crippen MR) is 127 cm³/mol. The molecule has 0 radical (unpaired) electrons. The van der Waals surface area contributed by atoms with Crippen LogP contribution in [0.3, 0.4) is 0 Å². The van der Waals surface area contributed by atoms with Crippen molar-refractivity contribution in [3.63, 3.8) is 0 Å². The van der Waals surface area contributed by atoms with Crippen molar-refractivity contribution in [1.29, 1.82) is 5.26 Å². The summed E-state index contributed by atoms with van der Waals surface area (Å²) in [5, 5.41) is 12.8. The van der Waals surface area contributed by atoms with Gasteiger partial charge in [-0.3, -0.25) is 4.79 Å². The van der Waals surface area contributed by atoms with Crippen LogP contribution in [0.4, 0.5) is 0 Å². The molecule has 168 valence electrons. The van der Waals surface area contributed by atoms with E-state index < -0.39 is 5.91 Å². The van der Waals surface area contributed by atoms with Crippen molar-refractivity contribution < 1.29 is 19.0 Å². The van der Waals surface area contributed by atoms with Crippen molar-refractivity contribution >= 4 is 23.6 Å². The molecule has 1 amide bonds. The van der Waals surface area contributed by atoms with Crippen LogP contribution in [0.15, 0.2) is 72.3 Å². The van der Waals surface area contributed by atoms with E-state index in [1.807, 2.05) is 48.5 Å². The van der Waals surface area contributed by atoms with Gasteiger partial charge in [-0.2, -0.15) is 5.26 Å². The minimum absolute atomic E-state index is 0.0182. The summed E-state index contributed by atoms with van der Waals surface area (Å²) in [4.78, 5) is 12.5. The number of benzene rings is 3. The maximum atomic E-state index is 12.5. The first kappa shape index (κ1) is 23.7. The van der Waals surface area contributed by atoms with E-state index >= 15 is 0 Å². The number of nitrogens with one attached hydrogen (secondary N) is 1. The maximum Gasteiger partial charge on any atom is 0.262 e. The van der Waals surface area contributed by atoms with Gasteiger partial charge in [0.15, 0.2) is 11.5 Å². The van der Waals surface area contributed by atoms with Gasteiger partial charge in [-0.05, 0) is 47.5 Å². The fraction of sp³-hybridized carbons (Fsp3) is 0.154. The lowest BCUT2D eigenvalue weighted by Gasteiger charge is -2.12. The van der Waals surface area contributed by atoms with Gasteiger partial charge in [0, 0.05) is 17.1 Å². The molecule has 7 heteroatoms. The Bertz CT molecular complexity index is 1180. The number of hydrogen-bond donors (Lipinski definition) is 1. The van der Waals surface area contributed by atoms with Crippen LogP contribution in [0.5, 0.6) is 17.2 Å². The molecule has 33 heavy (non-hydrogen) atoms. The molecular weight excluding hydrogens is 440 g/mol. The van der Waals surface area contributed by atoms with E-state index in [2.05, 4.69) is 5.32 Å². The number of amides is 1. The standard InChI is InChI=1S/C26H23ClN2O4/c1-31-22-10-7-18(8-11-22)16-29-26(30)21(15-28)13-19-9-12-24(25(14-19)32-2)33-17-20-5-3-4-6-23(20)27/h3-14H,16-17H2,1-2H3,(H,29,30)/b21-13-. The monoisotopic (exact) mass is 462 g/mol. The molecule has 0 aliphatic rings. The first-order valence-corrected chi connectivity index (χ1v) is 10.5. The number of carbonyl (C=O) groups excluding carboxylic acids is 1. The van der Waals surface area contributed by atoms with E-state index in [0.717, 1.165) is 16.9 Å². The molecule has 0 aliphatic heterocycles. The van der Waals surface area contributed by atoms with E-state index in [9.17, 15) is 10.1 Å². The van der Waals surface area contributed by atoms with Crippen molar-refractivity contribution in [2.45, 2.75) is 13.2 Å². The SMILES string of the molecule is COc1ccc(CNC(=O)/C(C#N)=C\c2ccc(OCc3ccccc3Cl)c(OC)c2)cc1. The van der Waals surface area contributed by atoms with Crippen LogP contribution in [-0.2, 0) is 17.9 Å². The second-order valence-corrected chi connectivity index (χ2v) is 7.40. The number of hydrogen-bond acceptors (Lipinski definition) is 5. The Kier molecular flexibility index (Phi) is 8.34. The molecule has 0 aliphatic carbocycles. The third-order valence-corrected chi connectivity index (χ3v) is 5.19. The Morgan fingerprint density at radius 3 is 2.45 bits per heavy atom. The van der Waals surface area contributed by atoms with E-state index in [1.165, 1.54) is 13.2 Å². The van der Waals surface area contributed by atoms with E-state index in [1.54, 1.807) is 31.4 Å². The zero-order valence-electron chi connectivity index (χ0n) is 18.3. The second-order valence-electron chi connectivity index (χ2n) is 6.99.